The monoisotopic (exact) mass is 272 g/mol. The number of carbonyl (C=O) groups excluding carboxylic acids is 1. The van der Waals surface area contributed by atoms with Crippen molar-refractivity contribution < 1.29 is 9.53 Å². The van der Waals surface area contributed by atoms with Crippen molar-refractivity contribution in [3.63, 3.8) is 0 Å². The average molecular weight is 272 g/mol. The zero-order valence-corrected chi connectivity index (χ0v) is 11.6. The molecule has 106 valence electrons. The Balaban J connectivity index is 1.53. The van der Waals surface area contributed by atoms with Gasteiger partial charge in [0, 0.05) is 31.1 Å². The van der Waals surface area contributed by atoms with E-state index in [-0.39, 0.29) is 5.91 Å². The molecule has 0 unspecified atom stereocenters. The number of likely N-dealkylation sites (tertiary alicyclic amines) is 1. The Morgan fingerprint density at radius 2 is 2.30 bits per heavy atom. The van der Waals surface area contributed by atoms with Crippen molar-refractivity contribution in [2.45, 2.75) is 25.3 Å². The fourth-order valence-corrected chi connectivity index (χ4v) is 3.71. The molecule has 3 aliphatic heterocycles. The molecule has 4 rings (SSSR count). The van der Waals surface area contributed by atoms with Crippen LogP contribution in [0.1, 0.15) is 28.8 Å². The number of amides is 1. The SMILES string of the molecule is O=C(c1ccc2c(c1)CCO2)N1C[C@@H]2CCCN[C@@H]2C1. The van der Waals surface area contributed by atoms with E-state index >= 15 is 0 Å². The third-order valence-corrected chi connectivity index (χ3v) is 4.82. The lowest BCUT2D eigenvalue weighted by Gasteiger charge is -2.24. The van der Waals surface area contributed by atoms with Gasteiger partial charge in [0.15, 0.2) is 0 Å². The first-order valence-electron chi connectivity index (χ1n) is 7.59. The van der Waals surface area contributed by atoms with Crippen molar-refractivity contribution in [1.82, 2.24) is 10.2 Å². The number of nitrogens with zero attached hydrogens (tertiary/aromatic N) is 1. The molecular weight excluding hydrogens is 252 g/mol. The minimum Gasteiger partial charge on any atom is -0.493 e. The van der Waals surface area contributed by atoms with Gasteiger partial charge in [-0.2, -0.15) is 0 Å². The first kappa shape index (κ1) is 12.2. The smallest absolute Gasteiger partial charge is 0.253 e. The molecule has 2 saturated heterocycles. The average Bonchev–Trinajstić information content (AvgIpc) is 3.11. The molecule has 2 fully saturated rings. The summed E-state index contributed by atoms with van der Waals surface area (Å²) in [6.45, 7) is 3.60. The number of piperidine rings is 1. The number of rotatable bonds is 1. The van der Waals surface area contributed by atoms with E-state index in [2.05, 4.69) is 5.32 Å². The molecule has 3 heterocycles. The van der Waals surface area contributed by atoms with Crippen LogP contribution in [0.5, 0.6) is 5.75 Å². The highest BCUT2D eigenvalue weighted by Gasteiger charge is 2.36. The first-order chi connectivity index (χ1) is 9.81. The fourth-order valence-electron chi connectivity index (χ4n) is 3.71. The molecule has 0 aromatic heterocycles. The molecule has 1 aromatic carbocycles. The number of benzene rings is 1. The van der Waals surface area contributed by atoms with E-state index in [9.17, 15) is 4.79 Å². The van der Waals surface area contributed by atoms with E-state index in [1.807, 2.05) is 23.1 Å². The summed E-state index contributed by atoms with van der Waals surface area (Å²) in [5, 5.41) is 3.55. The summed E-state index contributed by atoms with van der Waals surface area (Å²) in [6.07, 6.45) is 3.40. The summed E-state index contributed by atoms with van der Waals surface area (Å²) >= 11 is 0. The Morgan fingerprint density at radius 1 is 1.35 bits per heavy atom. The Hall–Kier alpha value is -1.55. The standard InChI is InChI=1S/C16H20N2O2/c19-16(12-3-4-15-11(8-12)5-7-20-15)18-9-13-2-1-6-17-14(13)10-18/h3-4,8,13-14,17H,1-2,5-7,9-10H2/t13-,14+/m0/s1. The van der Waals surface area contributed by atoms with Crippen LogP contribution in [0.4, 0.5) is 0 Å². The lowest BCUT2D eigenvalue weighted by atomic mass is 9.94. The van der Waals surface area contributed by atoms with Crippen LogP contribution in [0.15, 0.2) is 18.2 Å². The number of hydrogen-bond donors (Lipinski definition) is 1. The second kappa shape index (κ2) is 4.77. The van der Waals surface area contributed by atoms with Crippen molar-refractivity contribution >= 4 is 5.91 Å². The quantitative estimate of drug-likeness (QED) is 0.841. The molecule has 4 nitrogen and oxygen atoms in total. The molecule has 20 heavy (non-hydrogen) atoms. The van der Waals surface area contributed by atoms with Crippen molar-refractivity contribution in [1.29, 1.82) is 0 Å². The summed E-state index contributed by atoms with van der Waals surface area (Å²) in [7, 11) is 0. The largest absolute Gasteiger partial charge is 0.493 e. The molecule has 0 bridgehead atoms. The van der Waals surface area contributed by atoms with Crippen LogP contribution in [-0.4, -0.2) is 43.1 Å². The van der Waals surface area contributed by atoms with Gasteiger partial charge < -0.3 is 15.0 Å². The molecule has 0 aliphatic carbocycles. The predicted octanol–water partition coefficient (Wildman–Crippen LogP) is 1.45. The minimum absolute atomic E-state index is 0.177. The van der Waals surface area contributed by atoms with Crippen LogP contribution in [0.3, 0.4) is 0 Å². The third kappa shape index (κ3) is 1.99. The maximum absolute atomic E-state index is 12.6. The fraction of sp³-hybridized carbons (Fsp3) is 0.562. The van der Waals surface area contributed by atoms with Crippen LogP contribution >= 0.6 is 0 Å². The van der Waals surface area contributed by atoms with Gasteiger partial charge in [0.25, 0.3) is 5.91 Å². The van der Waals surface area contributed by atoms with Gasteiger partial charge in [0.1, 0.15) is 5.75 Å². The predicted molar refractivity (Wildman–Crippen MR) is 76.1 cm³/mol. The number of nitrogens with one attached hydrogen (secondary N) is 1. The Morgan fingerprint density at radius 3 is 3.20 bits per heavy atom. The van der Waals surface area contributed by atoms with Gasteiger partial charge in [-0.15, -0.1) is 0 Å². The van der Waals surface area contributed by atoms with E-state index in [1.165, 1.54) is 18.4 Å². The molecule has 1 aromatic rings. The van der Waals surface area contributed by atoms with Gasteiger partial charge in [-0.05, 0) is 49.1 Å². The van der Waals surface area contributed by atoms with Gasteiger partial charge in [-0.3, -0.25) is 4.79 Å². The van der Waals surface area contributed by atoms with Crippen LogP contribution in [0.2, 0.25) is 0 Å². The van der Waals surface area contributed by atoms with Crippen LogP contribution in [-0.2, 0) is 6.42 Å². The molecule has 3 aliphatic rings. The van der Waals surface area contributed by atoms with Crippen molar-refractivity contribution in [2.75, 3.05) is 26.2 Å². The highest BCUT2D eigenvalue weighted by Crippen LogP contribution is 2.29. The molecular formula is C16H20N2O2. The summed E-state index contributed by atoms with van der Waals surface area (Å²) < 4.78 is 5.50. The van der Waals surface area contributed by atoms with Crippen molar-refractivity contribution in [3.05, 3.63) is 29.3 Å². The lowest BCUT2D eigenvalue weighted by molar-refractivity contribution is 0.0785. The van der Waals surface area contributed by atoms with Gasteiger partial charge in [-0.1, -0.05) is 0 Å². The van der Waals surface area contributed by atoms with Crippen LogP contribution < -0.4 is 10.1 Å². The van der Waals surface area contributed by atoms with E-state index < -0.39 is 0 Å². The number of ether oxygens (including phenoxy) is 1. The van der Waals surface area contributed by atoms with E-state index in [0.29, 0.717) is 12.0 Å². The van der Waals surface area contributed by atoms with Gasteiger partial charge in [0.2, 0.25) is 0 Å². The normalized spacial score (nSPS) is 27.9. The number of fused-ring (bicyclic) bond motifs is 2. The van der Waals surface area contributed by atoms with E-state index in [1.54, 1.807) is 0 Å². The van der Waals surface area contributed by atoms with Crippen molar-refractivity contribution in [2.24, 2.45) is 5.92 Å². The summed E-state index contributed by atoms with van der Waals surface area (Å²) in [4.78, 5) is 14.7. The Bertz CT molecular complexity index is 529. The number of carbonyl (C=O) groups is 1. The topological polar surface area (TPSA) is 41.6 Å². The molecule has 2 atom stereocenters. The van der Waals surface area contributed by atoms with E-state index in [4.69, 9.17) is 4.74 Å². The first-order valence-corrected chi connectivity index (χ1v) is 7.59. The maximum atomic E-state index is 12.6. The summed E-state index contributed by atoms with van der Waals surface area (Å²) in [5.41, 5.74) is 1.98. The second-order valence-electron chi connectivity index (χ2n) is 6.09. The van der Waals surface area contributed by atoms with Crippen molar-refractivity contribution in [3.8, 4) is 5.75 Å². The molecule has 1 amide bonds. The Labute approximate surface area is 119 Å². The van der Waals surface area contributed by atoms with Gasteiger partial charge in [0.05, 0.1) is 6.61 Å². The van der Waals surface area contributed by atoms with E-state index in [0.717, 1.165) is 44.0 Å². The van der Waals surface area contributed by atoms with Crippen LogP contribution in [0.25, 0.3) is 0 Å². The van der Waals surface area contributed by atoms with Crippen LogP contribution in [0, 0.1) is 5.92 Å². The van der Waals surface area contributed by atoms with Gasteiger partial charge in [-0.25, -0.2) is 0 Å². The highest BCUT2D eigenvalue weighted by molar-refractivity contribution is 5.95. The summed E-state index contributed by atoms with van der Waals surface area (Å²) in [5.74, 6) is 1.76. The highest BCUT2D eigenvalue weighted by atomic mass is 16.5. The van der Waals surface area contributed by atoms with Gasteiger partial charge >= 0.3 is 0 Å². The zero-order chi connectivity index (χ0) is 13.5. The molecule has 0 radical (unpaired) electrons. The minimum atomic E-state index is 0.177. The summed E-state index contributed by atoms with van der Waals surface area (Å²) in [6, 6.07) is 6.37. The molecule has 4 heteroatoms. The number of hydrogen-bond acceptors (Lipinski definition) is 3. The molecule has 1 N–H and O–H groups in total. The zero-order valence-electron chi connectivity index (χ0n) is 11.6. The maximum Gasteiger partial charge on any atom is 0.253 e. The second-order valence-corrected chi connectivity index (χ2v) is 6.09. The molecule has 0 saturated carbocycles. The Kier molecular flexibility index (Phi) is 2.91. The third-order valence-electron chi connectivity index (χ3n) is 4.82. The molecule has 0 spiro atoms. The lowest BCUT2D eigenvalue weighted by Crippen LogP contribution is -2.41.